The van der Waals surface area contributed by atoms with Crippen LogP contribution in [-0.2, 0) is 4.79 Å². The van der Waals surface area contributed by atoms with Gasteiger partial charge in [-0.1, -0.05) is 25.3 Å². The van der Waals surface area contributed by atoms with Crippen molar-refractivity contribution in [3.63, 3.8) is 0 Å². The first-order valence-corrected chi connectivity index (χ1v) is 8.32. The van der Waals surface area contributed by atoms with Crippen LogP contribution in [0.4, 0.5) is 10.1 Å². The average Bonchev–Trinajstić information content (AvgIpc) is 2.56. The van der Waals surface area contributed by atoms with Crippen molar-refractivity contribution in [1.82, 2.24) is 10.6 Å². The number of halogens is 1. The van der Waals surface area contributed by atoms with Gasteiger partial charge in [-0.2, -0.15) is 0 Å². The third-order valence-electron chi connectivity index (χ3n) is 4.01. The van der Waals surface area contributed by atoms with E-state index in [2.05, 4.69) is 16.0 Å². The Labute approximate surface area is 141 Å². The van der Waals surface area contributed by atoms with Gasteiger partial charge >= 0.3 is 0 Å². The average molecular weight is 333 g/mol. The summed E-state index contributed by atoms with van der Waals surface area (Å²) < 4.78 is 14.2. The number of benzene rings is 1. The van der Waals surface area contributed by atoms with Crippen LogP contribution in [0.1, 0.15) is 42.5 Å². The summed E-state index contributed by atoms with van der Waals surface area (Å²) in [4.78, 5) is 23.8. The van der Waals surface area contributed by atoms with Crippen molar-refractivity contribution in [3.05, 3.63) is 41.7 Å². The molecule has 0 bridgehead atoms. The lowest BCUT2D eigenvalue weighted by atomic mass is 9.95. The number of hydrogen-bond acceptors (Lipinski definition) is 3. The van der Waals surface area contributed by atoms with Crippen LogP contribution in [0.5, 0.6) is 0 Å². The van der Waals surface area contributed by atoms with Crippen LogP contribution in [-0.4, -0.2) is 31.4 Å². The van der Waals surface area contributed by atoms with Gasteiger partial charge in [-0.15, -0.1) is 0 Å². The molecule has 0 heterocycles. The Hall–Kier alpha value is -2.21. The fourth-order valence-electron chi connectivity index (χ4n) is 2.75. The summed E-state index contributed by atoms with van der Waals surface area (Å²) in [5.41, 5.74) is 0.324. The molecular formula is C18H24FN3O2. The molecule has 0 unspecified atom stereocenters. The van der Waals surface area contributed by atoms with E-state index in [4.69, 9.17) is 0 Å². The first-order chi connectivity index (χ1) is 11.6. The van der Waals surface area contributed by atoms with Crippen molar-refractivity contribution in [3.8, 4) is 0 Å². The first kappa shape index (κ1) is 18.1. The molecule has 130 valence electrons. The van der Waals surface area contributed by atoms with E-state index in [1.165, 1.54) is 30.7 Å². The summed E-state index contributed by atoms with van der Waals surface area (Å²) in [5, 5.41) is 8.33. The van der Waals surface area contributed by atoms with Crippen molar-refractivity contribution in [2.45, 2.75) is 38.1 Å². The van der Waals surface area contributed by atoms with E-state index in [9.17, 15) is 14.0 Å². The van der Waals surface area contributed by atoms with Gasteiger partial charge in [0.25, 0.3) is 5.91 Å². The third-order valence-corrected chi connectivity index (χ3v) is 4.01. The van der Waals surface area contributed by atoms with Crippen LogP contribution in [0, 0.1) is 5.82 Å². The van der Waals surface area contributed by atoms with Crippen LogP contribution < -0.4 is 16.0 Å². The van der Waals surface area contributed by atoms with Crippen LogP contribution in [0.15, 0.2) is 30.4 Å². The zero-order valence-electron chi connectivity index (χ0n) is 13.9. The topological polar surface area (TPSA) is 70.2 Å². The molecule has 0 aromatic heterocycles. The Morgan fingerprint density at radius 1 is 1.25 bits per heavy atom. The number of likely N-dealkylation sites (N-methyl/N-ethyl adjacent to an activating group) is 1. The third kappa shape index (κ3) is 5.45. The lowest BCUT2D eigenvalue weighted by molar-refractivity contribution is -0.111. The monoisotopic (exact) mass is 333 g/mol. The molecule has 1 aliphatic carbocycles. The molecule has 0 aliphatic heterocycles. The van der Waals surface area contributed by atoms with E-state index in [1.54, 1.807) is 13.1 Å². The quantitative estimate of drug-likeness (QED) is 0.701. The van der Waals surface area contributed by atoms with Gasteiger partial charge in [-0.05, 0) is 38.1 Å². The highest BCUT2D eigenvalue weighted by Gasteiger charge is 2.19. The zero-order chi connectivity index (χ0) is 17.4. The van der Waals surface area contributed by atoms with Crippen molar-refractivity contribution in [2.24, 2.45) is 0 Å². The van der Waals surface area contributed by atoms with E-state index in [0.717, 1.165) is 25.7 Å². The molecule has 0 saturated heterocycles. The van der Waals surface area contributed by atoms with Gasteiger partial charge in [0.05, 0.1) is 5.56 Å². The molecule has 1 aliphatic rings. The molecule has 5 nitrogen and oxygen atoms in total. The van der Waals surface area contributed by atoms with Gasteiger partial charge in [0.15, 0.2) is 0 Å². The zero-order valence-corrected chi connectivity index (χ0v) is 13.9. The van der Waals surface area contributed by atoms with Gasteiger partial charge in [0.2, 0.25) is 5.91 Å². The molecule has 1 fully saturated rings. The number of nitrogens with one attached hydrogen (secondary N) is 3. The van der Waals surface area contributed by atoms with Crippen LogP contribution in [0.25, 0.3) is 0 Å². The molecule has 0 atom stereocenters. The largest absolute Gasteiger partial charge is 0.349 e. The summed E-state index contributed by atoms with van der Waals surface area (Å²) >= 11 is 0. The van der Waals surface area contributed by atoms with E-state index in [-0.39, 0.29) is 17.5 Å². The second kappa shape index (κ2) is 9.17. The predicted molar refractivity (Wildman–Crippen MR) is 92.4 cm³/mol. The van der Waals surface area contributed by atoms with Crippen molar-refractivity contribution in [1.29, 1.82) is 0 Å². The SMILES string of the molecule is CNC/C=C/C(=O)Nc1ccc(C(=O)NC2CCCCC2)c(F)c1. The van der Waals surface area contributed by atoms with Crippen molar-refractivity contribution < 1.29 is 14.0 Å². The van der Waals surface area contributed by atoms with Gasteiger partial charge in [0, 0.05) is 24.4 Å². The minimum atomic E-state index is -0.639. The molecule has 2 rings (SSSR count). The second-order valence-electron chi connectivity index (χ2n) is 5.95. The molecule has 2 amide bonds. The Bertz CT molecular complexity index is 610. The minimum absolute atomic E-state index is 0.00398. The summed E-state index contributed by atoms with van der Waals surface area (Å²) in [7, 11) is 1.77. The fraction of sp³-hybridized carbons (Fsp3) is 0.444. The summed E-state index contributed by atoms with van der Waals surface area (Å²) in [6.45, 7) is 0.571. The van der Waals surface area contributed by atoms with E-state index in [1.807, 2.05) is 0 Å². The number of carbonyl (C=O) groups is 2. The van der Waals surface area contributed by atoms with E-state index >= 15 is 0 Å². The van der Waals surface area contributed by atoms with Gasteiger partial charge in [0.1, 0.15) is 5.82 Å². The van der Waals surface area contributed by atoms with Crippen molar-refractivity contribution >= 4 is 17.5 Å². The van der Waals surface area contributed by atoms with E-state index < -0.39 is 11.7 Å². The number of hydrogen-bond donors (Lipinski definition) is 3. The Morgan fingerprint density at radius 3 is 2.67 bits per heavy atom. The minimum Gasteiger partial charge on any atom is -0.349 e. The van der Waals surface area contributed by atoms with Crippen molar-refractivity contribution in [2.75, 3.05) is 18.9 Å². The second-order valence-corrected chi connectivity index (χ2v) is 5.95. The maximum Gasteiger partial charge on any atom is 0.254 e. The van der Waals surface area contributed by atoms with Crippen LogP contribution in [0.3, 0.4) is 0 Å². The molecule has 24 heavy (non-hydrogen) atoms. The van der Waals surface area contributed by atoms with E-state index in [0.29, 0.717) is 12.2 Å². The predicted octanol–water partition coefficient (Wildman–Crippen LogP) is 2.60. The van der Waals surface area contributed by atoms with Gasteiger partial charge in [-0.25, -0.2) is 4.39 Å². The van der Waals surface area contributed by atoms with Gasteiger partial charge < -0.3 is 16.0 Å². The Balaban J connectivity index is 1.95. The molecule has 6 heteroatoms. The Kier molecular flexibility index (Phi) is 6.93. The molecule has 1 saturated carbocycles. The first-order valence-electron chi connectivity index (χ1n) is 8.32. The number of rotatable bonds is 6. The highest BCUT2D eigenvalue weighted by Crippen LogP contribution is 2.19. The lowest BCUT2D eigenvalue weighted by Gasteiger charge is -2.22. The maximum absolute atomic E-state index is 14.2. The van der Waals surface area contributed by atoms with Crippen LogP contribution >= 0.6 is 0 Å². The summed E-state index contributed by atoms with van der Waals surface area (Å²) in [5.74, 6) is -1.38. The Morgan fingerprint density at radius 2 is 2.00 bits per heavy atom. The van der Waals surface area contributed by atoms with Crippen LogP contribution in [0.2, 0.25) is 0 Å². The number of amides is 2. The highest BCUT2D eigenvalue weighted by atomic mass is 19.1. The molecule has 0 radical (unpaired) electrons. The summed E-state index contributed by atoms with van der Waals surface area (Å²) in [6, 6.07) is 4.23. The lowest BCUT2D eigenvalue weighted by Crippen LogP contribution is -2.36. The number of anilines is 1. The smallest absolute Gasteiger partial charge is 0.254 e. The number of carbonyl (C=O) groups excluding carboxylic acids is 2. The molecule has 1 aromatic carbocycles. The highest BCUT2D eigenvalue weighted by molar-refractivity contribution is 6.00. The normalized spacial score (nSPS) is 15.4. The molecule has 0 spiro atoms. The standard InChI is InChI=1S/C18H24FN3O2/c1-20-11-5-8-17(23)21-14-9-10-15(16(19)12-14)18(24)22-13-6-3-2-4-7-13/h5,8-10,12-13,20H,2-4,6-7,11H2,1H3,(H,21,23)(H,22,24)/b8-5+. The maximum atomic E-state index is 14.2. The molecule has 3 N–H and O–H groups in total. The fourth-order valence-corrected chi connectivity index (χ4v) is 2.75. The summed E-state index contributed by atoms with van der Waals surface area (Å²) in [6.07, 6.45) is 8.31. The molecular weight excluding hydrogens is 309 g/mol. The molecule has 1 aromatic rings. The van der Waals surface area contributed by atoms with Gasteiger partial charge in [-0.3, -0.25) is 9.59 Å².